The Balaban J connectivity index is 2.40. The number of methoxy groups -OCH3 is 1. The number of carbonyl (C=O) groups is 1. The molecule has 0 aliphatic heterocycles. The lowest BCUT2D eigenvalue weighted by Gasteiger charge is -2.08. The van der Waals surface area contributed by atoms with Crippen LogP contribution in [-0.4, -0.2) is 45.2 Å². The average molecular weight is 249 g/mol. The molecule has 0 spiro atoms. The second kappa shape index (κ2) is 7.50. The Hall–Kier alpha value is -1.81. The van der Waals surface area contributed by atoms with E-state index in [0.717, 1.165) is 17.9 Å². The van der Waals surface area contributed by atoms with E-state index in [4.69, 9.17) is 9.47 Å². The molecule has 0 radical (unpaired) electrons. The Morgan fingerprint density at radius 1 is 1.28 bits per heavy atom. The summed E-state index contributed by atoms with van der Waals surface area (Å²) in [6, 6.07) is 7.44. The molecular formula is C14H19NO3. The predicted molar refractivity (Wildman–Crippen MR) is 71.5 cm³/mol. The minimum absolute atomic E-state index is 0.326. The van der Waals surface area contributed by atoms with Gasteiger partial charge < -0.3 is 14.4 Å². The Labute approximate surface area is 108 Å². The van der Waals surface area contributed by atoms with Crippen LogP contribution >= 0.6 is 0 Å². The van der Waals surface area contributed by atoms with Gasteiger partial charge >= 0.3 is 5.97 Å². The van der Waals surface area contributed by atoms with Crippen molar-refractivity contribution in [3.63, 3.8) is 0 Å². The van der Waals surface area contributed by atoms with Crippen molar-refractivity contribution in [3.8, 4) is 5.75 Å². The first-order chi connectivity index (χ1) is 8.61. The third-order valence-corrected chi connectivity index (χ3v) is 2.31. The molecule has 0 aromatic heterocycles. The van der Waals surface area contributed by atoms with Crippen LogP contribution in [0.2, 0.25) is 0 Å². The van der Waals surface area contributed by atoms with Gasteiger partial charge in [-0.05, 0) is 37.9 Å². The van der Waals surface area contributed by atoms with E-state index < -0.39 is 0 Å². The fourth-order valence-electron chi connectivity index (χ4n) is 1.26. The van der Waals surface area contributed by atoms with Crippen LogP contribution in [0.3, 0.4) is 0 Å². The van der Waals surface area contributed by atoms with E-state index >= 15 is 0 Å². The summed E-state index contributed by atoms with van der Waals surface area (Å²) in [7, 11) is 5.48. The predicted octanol–water partition coefficient (Wildman–Crippen LogP) is 1.81. The molecule has 4 heteroatoms. The first-order valence-corrected chi connectivity index (χ1v) is 5.75. The Morgan fingerprint density at radius 3 is 2.50 bits per heavy atom. The number of hydrogen-bond donors (Lipinski definition) is 0. The molecule has 0 bridgehead atoms. The van der Waals surface area contributed by atoms with Crippen molar-refractivity contribution < 1.29 is 14.3 Å². The molecule has 0 saturated carbocycles. The largest absolute Gasteiger partial charge is 0.497 e. The Kier molecular flexibility index (Phi) is 5.94. The number of ether oxygens (including phenoxy) is 2. The third-order valence-electron chi connectivity index (χ3n) is 2.31. The van der Waals surface area contributed by atoms with Crippen LogP contribution in [0.1, 0.15) is 5.56 Å². The van der Waals surface area contributed by atoms with Crippen molar-refractivity contribution >= 4 is 12.0 Å². The van der Waals surface area contributed by atoms with Gasteiger partial charge in [0.15, 0.2) is 0 Å². The molecular weight excluding hydrogens is 230 g/mol. The normalized spacial score (nSPS) is 10.9. The van der Waals surface area contributed by atoms with Crippen LogP contribution < -0.4 is 4.74 Å². The fraction of sp³-hybridized carbons (Fsp3) is 0.357. The number of likely N-dealkylation sites (N-methyl/N-ethyl adjacent to an activating group) is 1. The topological polar surface area (TPSA) is 38.8 Å². The minimum Gasteiger partial charge on any atom is -0.497 e. The van der Waals surface area contributed by atoms with E-state index in [1.54, 1.807) is 13.2 Å². The molecule has 1 rings (SSSR count). The van der Waals surface area contributed by atoms with Gasteiger partial charge in [-0.3, -0.25) is 0 Å². The molecule has 0 fully saturated rings. The number of carbonyl (C=O) groups excluding carboxylic acids is 1. The zero-order valence-electron chi connectivity index (χ0n) is 11.1. The van der Waals surface area contributed by atoms with E-state index in [-0.39, 0.29) is 5.97 Å². The molecule has 0 aliphatic rings. The van der Waals surface area contributed by atoms with E-state index in [2.05, 4.69) is 0 Å². The molecule has 18 heavy (non-hydrogen) atoms. The molecule has 0 amide bonds. The maximum absolute atomic E-state index is 11.4. The highest BCUT2D eigenvalue weighted by atomic mass is 16.5. The van der Waals surface area contributed by atoms with Crippen LogP contribution in [0.15, 0.2) is 30.3 Å². The fourth-order valence-corrected chi connectivity index (χ4v) is 1.26. The van der Waals surface area contributed by atoms with Gasteiger partial charge in [-0.1, -0.05) is 12.1 Å². The Bertz CT molecular complexity index is 396. The standard InChI is InChI=1S/C14H19NO3/c1-15(2)10-11-18-14(16)9-6-12-4-7-13(17-3)8-5-12/h4-9H,10-11H2,1-3H3/b9-6+. The number of rotatable bonds is 6. The van der Waals surface area contributed by atoms with Crippen molar-refractivity contribution in [2.75, 3.05) is 34.4 Å². The lowest BCUT2D eigenvalue weighted by Crippen LogP contribution is -2.19. The lowest BCUT2D eigenvalue weighted by atomic mass is 10.2. The highest BCUT2D eigenvalue weighted by Crippen LogP contribution is 2.12. The van der Waals surface area contributed by atoms with Gasteiger partial charge in [0.05, 0.1) is 7.11 Å². The summed E-state index contributed by atoms with van der Waals surface area (Å²) in [5, 5.41) is 0. The van der Waals surface area contributed by atoms with Crippen molar-refractivity contribution in [1.29, 1.82) is 0 Å². The molecule has 0 saturated heterocycles. The van der Waals surface area contributed by atoms with Crippen LogP contribution in [0.5, 0.6) is 5.75 Å². The third kappa shape index (κ3) is 5.50. The average Bonchev–Trinajstić information content (AvgIpc) is 2.36. The molecule has 0 heterocycles. The van der Waals surface area contributed by atoms with Crippen LogP contribution in [0, 0.1) is 0 Å². The van der Waals surface area contributed by atoms with Gasteiger partial charge in [0, 0.05) is 12.6 Å². The second-order valence-electron chi connectivity index (χ2n) is 4.08. The number of benzene rings is 1. The van der Waals surface area contributed by atoms with Crippen molar-refractivity contribution in [3.05, 3.63) is 35.9 Å². The summed E-state index contributed by atoms with van der Waals surface area (Å²) in [4.78, 5) is 13.3. The first kappa shape index (κ1) is 14.3. The number of hydrogen-bond acceptors (Lipinski definition) is 4. The van der Waals surface area contributed by atoms with Crippen molar-refractivity contribution in [2.45, 2.75) is 0 Å². The first-order valence-electron chi connectivity index (χ1n) is 5.75. The van der Waals surface area contributed by atoms with Gasteiger partial charge in [0.2, 0.25) is 0 Å². The summed E-state index contributed by atoms with van der Waals surface area (Å²) < 4.78 is 10.1. The molecule has 4 nitrogen and oxygen atoms in total. The summed E-state index contributed by atoms with van der Waals surface area (Å²) in [5.41, 5.74) is 0.931. The molecule has 0 unspecified atom stereocenters. The van der Waals surface area contributed by atoms with E-state index in [0.29, 0.717) is 6.61 Å². The van der Waals surface area contributed by atoms with E-state index in [9.17, 15) is 4.79 Å². The summed E-state index contributed by atoms with van der Waals surface area (Å²) >= 11 is 0. The van der Waals surface area contributed by atoms with Crippen molar-refractivity contribution in [1.82, 2.24) is 4.90 Å². The zero-order valence-corrected chi connectivity index (χ0v) is 11.1. The maximum atomic E-state index is 11.4. The summed E-state index contributed by atoms with van der Waals surface area (Å²) in [6.45, 7) is 1.13. The van der Waals surface area contributed by atoms with Gasteiger partial charge in [0.25, 0.3) is 0 Å². The van der Waals surface area contributed by atoms with E-state index in [1.165, 1.54) is 6.08 Å². The van der Waals surface area contributed by atoms with Gasteiger partial charge in [-0.2, -0.15) is 0 Å². The maximum Gasteiger partial charge on any atom is 0.330 e. The van der Waals surface area contributed by atoms with Crippen molar-refractivity contribution in [2.24, 2.45) is 0 Å². The lowest BCUT2D eigenvalue weighted by molar-refractivity contribution is -0.137. The van der Waals surface area contributed by atoms with Gasteiger partial charge in [-0.25, -0.2) is 4.79 Å². The summed E-state index contributed by atoms with van der Waals surface area (Å²) in [5.74, 6) is 0.466. The highest BCUT2D eigenvalue weighted by molar-refractivity contribution is 5.87. The highest BCUT2D eigenvalue weighted by Gasteiger charge is 1.97. The monoisotopic (exact) mass is 249 g/mol. The number of esters is 1. The Morgan fingerprint density at radius 2 is 1.94 bits per heavy atom. The van der Waals surface area contributed by atoms with Crippen LogP contribution in [0.4, 0.5) is 0 Å². The minimum atomic E-state index is -0.326. The molecule has 0 aliphatic carbocycles. The molecule has 0 atom stereocenters. The number of nitrogens with zero attached hydrogens (tertiary/aromatic N) is 1. The van der Waals surface area contributed by atoms with Gasteiger partial charge in [0.1, 0.15) is 12.4 Å². The molecule has 1 aromatic carbocycles. The van der Waals surface area contributed by atoms with E-state index in [1.807, 2.05) is 43.3 Å². The van der Waals surface area contributed by atoms with Gasteiger partial charge in [-0.15, -0.1) is 0 Å². The smallest absolute Gasteiger partial charge is 0.330 e. The quantitative estimate of drug-likeness (QED) is 0.569. The van der Waals surface area contributed by atoms with Crippen LogP contribution in [0.25, 0.3) is 6.08 Å². The molecule has 0 N–H and O–H groups in total. The van der Waals surface area contributed by atoms with Crippen LogP contribution in [-0.2, 0) is 9.53 Å². The molecule has 98 valence electrons. The molecule has 1 aromatic rings. The zero-order chi connectivity index (χ0) is 13.4. The second-order valence-corrected chi connectivity index (χ2v) is 4.08. The SMILES string of the molecule is COc1ccc(/C=C/C(=O)OCCN(C)C)cc1. The summed E-state index contributed by atoms with van der Waals surface area (Å²) in [6.07, 6.45) is 3.15.